The van der Waals surface area contributed by atoms with Crippen LogP contribution in [0.25, 0.3) is 6.08 Å². The number of benzene rings is 1. The fourth-order valence-electron chi connectivity index (χ4n) is 2.25. The first-order valence-corrected chi connectivity index (χ1v) is 8.92. The van der Waals surface area contributed by atoms with Crippen molar-refractivity contribution in [3.63, 3.8) is 0 Å². The van der Waals surface area contributed by atoms with Crippen LogP contribution in [-0.4, -0.2) is 52.7 Å². The lowest BCUT2D eigenvalue weighted by atomic mass is 10.2. The van der Waals surface area contributed by atoms with E-state index < -0.39 is 10.8 Å². The van der Waals surface area contributed by atoms with Crippen molar-refractivity contribution in [2.75, 3.05) is 37.7 Å². The van der Waals surface area contributed by atoms with E-state index in [0.29, 0.717) is 12.1 Å². The fourth-order valence-corrected chi connectivity index (χ4v) is 3.38. The number of halogens is 1. The van der Waals surface area contributed by atoms with E-state index in [1.807, 2.05) is 0 Å². The average molecular weight is 324 g/mol. The highest BCUT2D eigenvalue weighted by Crippen LogP contribution is 2.07. The fraction of sp³-hybridized carbons (Fsp3) is 0.438. The van der Waals surface area contributed by atoms with Crippen molar-refractivity contribution >= 4 is 22.8 Å². The molecule has 1 N–H and O–H groups in total. The number of hydrogen-bond acceptors (Lipinski definition) is 3. The Morgan fingerprint density at radius 1 is 1.32 bits per heavy atom. The summed E-state index contributed by atoms with van der Waals surface area (Å²) in [5.74, 6) is 0.937. The predicted molar refractivity (Wildman–Crippen MR) is 87.4 cm³/mol. The van der Waals surface area contributed by atoms with Gasteiger partial charge >= 0.3 is 0 Å². The predicted octanol–water partition coefficient (Wildman–Crippen LogP) is 1.41. The van der Waals surface area contributed by atoms with Crippen LogP contribution in [0.1, 0.15) is 12.0 Å². The molecular weight excluding hydrogens is 303 g/mol. The van der Waals surface area contributed by atoms with Crippen LogP contribution in [0, 0.1) is 5.82 Å². The molecule has 0 atom stereocenters. The van der Waals surface area contributed by atoms with Gasteiger partial charge in [-0.25, -0.2) is 4.39 Å². The molecule has 6 heteroatoms. The summed E-state index contributed by atoms with van der Waals surface area (Å²) in [5.41, 5.74) is 0.402. The molecule has 1 saturated heterocycles. The molecule has 2 rings (SSSR count). The number of carbonyl (C=O) groups is 1. The third-order valence-corrected chi connectivity index (χ3v) is 4.82. The monoisotopic (exact) mass is 324 g/mol. The van der Waals surface area contributed by atoms with Crippen LogP contribution >= 0.6 is 0 Å². The largest absolute Gasteiger partial charge is 0.353 e. The summed E-state index contributed by atoms with van der Waals surface area (Å²) in [4.78, 5) is 13.9. The summed E-state index contributed by atoms with van der Waals surface area (Å²) in [7, 11) is -0.650. The Hall–Kier alpha value is -1.53. The second-order valence-electron chi connectivity index (χ2n) is 5.19. The highest BCUT2D eigenvalue weighted by atomic mass is 32.2. The molecule has 0 bridgehead atoms. The van der Waals surface area contributed by atoms with Crippen LogP contribution in [-0.2, 0) is 15.6 Å². The van der Waals surface area contributed by atoms with E-state index in [2.05, 4.69) is 10.2 Å². The molecule has 0 unspecified atom stereocenters. The second-order valence-corrected chi connectivity index (χ2v) is 6.89. The minimum Gasteiger partial charge on any atom is -0.353 e. The van der Waals surface area contributed by atoms with Gasteiger partial charge in [0.25, 0.3) is 0 Å². The van der Waals surface area contributed by atoms with Crippen LogP contribution in [0.4, 0.5) is 4.39 Å². The van der Waals surface area contributed by atoms with Gasteiger partial charge in [0.05, 0.1) is 0 Å². The van der Waals surface area contributed by atoms with Crippen molar-refractivity contribution in [2.24, 2.45) is 0 Å². The second kappa shape index (κ2) is 8.80. The molecule has 22 heavy (non-hydrogen) atoms. The van der Waals surface area contributed by atoms with Crippen molar-refractivity contribution in [3.05, 3.63) is 41.7 Å². The van der Waals surface area contributed by atoms with E-state index in [-0.39, 0.29) is 11.7 Å². The molecule has 1 fully saturated rings. The van der Waals surface area contributed by atoms with Gasteiger partial charge in [-0.3, -0.25) is 9.00 Å². The van der Waals surface area contributed by atoms with Crippen molar-refractivity contribution in [1.82, 2.24) is 10.2 Å². The maximum Gasteiger partial charge on any atom is 0.244 e. The molecule has 0 aromatic heterocycles. The van der Waals surface area contributed by atoms with Crippen LogP contribution in [0.5, 0.6) is 0 Å². The summed E-state index contributed by atoms with van der Waals surface area (Å²) in [6.07, 6.45) is 3.68. The quantitative estimate of drug-likeness (QED) is 0.636. The number of amides is 1. The Kier molecular flexibility index (Phi) is 6.74. The maximum atomic E-state index is 13.4. The highest BCUT2D eigenvalue weighted by Gasteiger charge is 2.14. The molecule has 0 saturated carbocycles. The maximum absolute atomic E-state index is 13.4. The molecule has 1 heterocycles. The molecule has 0 aliphatic carbocycles. The van der Waals surface area contributed by atoms with Gasteiger partial charge in [-0.2, -0.15) is 0 Å². The summed E-state index contributed by atoms with van der Waals surface area (Å²) in [5, 5.41) is 2.79. The van der Waals surface area contributed by atoms with Crippen LogP contribution in [0.3, 0.4) is 0 Å². The first-order chi connectivity index (χ1) is 10.6. The van der Waals surface area contributed by atoms with E-state index in [1.54, 1.807) is 18.2 Å². The highest BCUT2D eigenvalue weighted by molar-refractivity contribution is 7.85. The molecule has 0 spiro atoms. The van der Waals surface area contributed by atoms with Gasteiger partial charge in [-0.1, -0.05) is 18.2 Å². The zero-order chi connectivity index (χ0) is 15.8. The van der Waals surface area contributed by atoms with Crippen molar-refractivity contribution < 1.29 is 13.4 Å². The molecule has 1 aliphatic rings. The van der Waals surface area contributed by atoms with Gasteiger partial charge in [0.2, 0.25) is 5.91 Å². The van der Waals surface area contributed by atoms with Gasteiger partial charge in [-0.15, -0.1) is 0 Å². The Bertz CT molecular complexity index is 553. The molecule has 1 amide bonds. The number of nitrogens with one attached hydrogen (secondary N) is 1. The van der Waals surface area contributed by atoms with E-state index in [4.69, 9.17) is 0 Å². The zero-order valence-corrected chi connectivity index (χ0v) is 13.3. The normalized spacial score (nSPS) is 17.0. The van der Waals surface area contributed by atoms with Gasteiger partial charge in [0, 0.05) is 53.6 Å². The molecule has 1 aliphatic heterocycles. The van der Waals surface area contributed by atoms with Crippen molar-refractivity contribution in [3.8, 4) is 0 Å². The summed E-state index contributed by atoms with van der Waals surface area (Å²) >= 11 is 0. The van der Waals surface area contributed by atoms with Gasteiger partial charge in [-0.05, 0) is 25.1 Å². The number of nitrogens with zero attached hydrogens (tertiary/aromatic N) is 1. The number of carbonyl (C=O) groups excluding carboxylic acids is 1. The molecular formula is C16H21FN2O2S. The molecule has 1 aromatic carbocycles. The van der Waals surface area contributed by atoms with E-state index in [0.717, 1.165) is 37.6 Å². The first-order valence-electron chi connectivity index (χ1n) is 7.43. The van der Waals surface area contributed by atoms with Gasteiger partial charge < -0.3 is 10.2 Å². The van der Waals surface area contributed by atoms with Gasteiger partial charge in [0.1, 0.15) is 5.82 Å². The number of rotatable bonds is 6. The molecule has 120 valence electrons. The smallest absolute Gasteiger partial charge is 0.244 e. The van der Waals surface area contributed by atoms with Crippen LogP contribution in [0.2, 0.25) is 0 Å². The first kappa shape index (κ1) is 16.8. The Balaban J connectivity index is 1.64. The minimum atomic E-state index is -0.650. The Morgan fingerprint density at radius 2 is 2.05 bits per heavy atom. The van der Waals surface area contributed by atoms with Crippen LogP contribution in [0.15, 0.2) is 30.3 Å². The summed E-state index contributed by atoms with van der Waals surface area (Å²) in [6.45, 7) is 3.22. The lowest BCUT2D eigenvalue weighted by Gasteiger charge is -2.25. The van der Waals surface area contributed by atoms with Crippen LogP contribution < -0.4 is 5.32 Å². The van der Waals surface area contributed by atoms with E-state index >= 15 is 0 Å². The van der Waals surface area contributed by atoms with E-state index in [1.165, 1.54) is 18.2 Å². The van der Waals surface area contributed by atoms with Crippen molar-refractivity contribution in [1.29, 1.82) is 0 Å². The minimum absolute atomic E-state index is 0.219. The molecule has 1 aromatic rings. The molecule has 0 radical (unpaired) electrons. The molecule has 4 nitrogen and oxygen atoms in total. The lowest BCUT2D eigenvalue weighted by Crippen LogP contribution is -2.39. The average Bonchev–Trinajstić information content (AvgIpc) is 2.52. The summed E-state index contributed by atoms with van der Waals surface area (Å²) < 4.78 is 24.6. The zero-order valence-electron chi connectivity index (χ0n) is 12.5. The lowest BCUT2D eigenvalue weighted by molar-refractivity contribution is -0.116. The Morgan fingerprint density at radius 3 is 2.77 bits per heavy atom. The van der Waals surface area contributed by atoms with Crippen molar-refractivity contribution in [2.45, 2.75) is 6.42 Å². The standard InChI is InChI=1S/C16H21FN2O2S/c17-15-5-2-1-4-14(15)6-7-16(20)18-8-3-9-19-10-12-22(21)13-11-19/h1-2,4-7H,3,8-13H2,(H,18,20). The number of hydrogen-bond donors (Lipinski definition) is 1. The topological polar surface area (TPSA) is 49.4 Å². The summed E-state index contributed by atoms with van der Waals surface area (Å²) in [6, 6.07) is 6.33. The Labute approximate surface area is 132 Å². The van der Waals surface area contributed by atoms with Gasteiger partial charge in [0.15, 0.2) is 0 Å². The van der Waals surface area contributed by atoms with E-state index in [9.17, 15) is 13.4 Å². The third-order valence-electron chi connectivity index (χ3n) is 3.54. The SMILES string of the molecule is O=C(C=Cc1ccccc1F)NCCCN1CCS(=O)CC1. The third kappa shape index (κ3) is 5.69.